The van der Waals surface area contributed by atoms with Gasteiger partial charge in [-0.1, -0.05) is 0 Å². The molecule has 0 saturated carbocycles. The fraction of sp³-hybridized carbons (Fsp3) is 0.167. The third kappa shape index (κ3) is 1.81. The van der Waals surface area contributed by atoms with Crippen LogP contribution in [0.1, 0.15) is 0 Å². The summed E-state index contributed by atoms with van der Waals surface area (Å²) in [5.74, 6) is 0.558. The molecule has 0 saturated heterocycles. The van der Waals surface area contributed by atoms with Crippen LogP contribution in [0.25, 0.3) is 0 Å². The Bertz CT molecular complexity index is 200. The number of nitrogens with zero attached hydrogens (tertiary/aromatic N) is 2. The largest absolute Gasteiger partial charge is 0.484 e. The van der Waals surface area contributed by atoms with Crippen LogP contribution in [0.5, 0.6) is 5.75 Å². The zero-order chi connectivity index (χ0) is 7.23. The Morgan fingerprint density at radius 3 is 3.10 bits per heavy atom. The van der Waals surface area contributed by atoms with Crippen molar-refractivity contribution in [2.75, 3.05) is 6.61 Å². The van der Waals surface area contributed by atoms with Crippen LogP contribution in [0.15, 0.2) is 18.5 Å². The molecule has 0 aliphatic rings. The normalized spacial score (nSPS) is 8.80. The van der Waals surface area contributed by atoms with Gasteiger partial charge in [-0.3, -0.25) is 4.79 Å². The number of carbonyl (C=O) groups is 1. The van der Waals surface area contributed by atoms with Gasteiger partial charge in [-0.15, -0.1) is 0 Å². The summed E-state index contributed by atoms with van der Waals surface area (Å²) in [6.07, 6.45) is 3.63. The first-order chi connectivity index (χ1) is 4.93. The van der Waals surface area contributed by atoms with E-state index in [0.717, 1.165) is 0 Å². The van der Waals surface area contributed by atoms with Gasteiger partial charge in [0.1, 0.15) is 12.4 Å². The minimum absolute atomic E-state index is 0.0612. The third-order valence-corrected chi connectivity index (χ3v) is 0.875. The van der Waals surface area contributed by atoms with E-state index in [4.69, 9.17) is 4.74 Å². The van der Waals surface area contributed by atoms with Crippen LogP contribution < -0.4 is 4.74 Å². The lowest BCUT2D eigenvalue weighted by atomic mass is 10.5. The zero-order valence-electron chi connectivity index (χ0n) is 5.23. The molecule has 10 heavy (non-hydrogen) atoms. The predicted octanol–water partition coefficient (Wildman–Crippen LogP) is 0.0543. The molecule has 1 heterocycles. The standard InChI is InChI=1S/C6H6N2O2/c9-3-4-10-6-1-2-7-8-5-6/h1-3,5H,4H2. The van der Waals surface area contributed by atoms with E-state index in [1.165, 1.54) is 12.4 Å². The first-order valence-electron chi connectivity index (χ1n) is 2.76. The highest BCUT2D eigenvalue weighted by atomic mass is 16.5. The van der Waals surface area contributed by atoms with Crippen LogP contribution in [0.4, 0.5) is 0 Å². The molecule has 0 radical (unpaired) electrons. The number of aromatic nitrogens is 2. The maximum Gasteiger partial charge on any atom is 0.157 e. The van der Waals surface area contributed by atoms with Crippen LogP contribution in [0.3, 0.4) is 0 Å². The first-order valence-corrected chi connectivity index (χ1v) is 2.76. The van der Waals surface area contributed by atoms with E-state index >= 15 is 0 Å². The summed E-state index contributed by atoms with van der Waals surface area (Å²) in [7, 11) is 0. The molecule has 52 valence electrons. The molecule has 0 aliphatic carbocycles. The second kappa shape index (κ2) is 3.55. The molecule has 1 rings (SSSR count). The van der Waals surface area contributed by atoms with Crippen LogP contribution in [0.2, 0.25) is 0 Å². The number of aldehydes is 1. The van der Waals surface area contributed by atoms with Crippen LogP contribution >= 0.6 is 0 Å². The van der Waals surface area contributed by atoms with Gasteiger partial charge in [0.05, 0.1) is 12.4 Å². The van der Waals surface area contributed by atoms with Crippen molar-refractivity contribution < 1.29 is 9.53 Å². The lowest BCUT2D eigenvalue weighted by molar-refractivity contribution is -0.109. The average Bonchev–Trinajstić information content (AvgIpc) is 2.03. The van der Waals surface area contributed by atoms with Gasteiger partial charge in [-0.25, -0.2) is 0 Å². The molecule has 1 aromatic heterocycles. The number of hydrogen-bond acceptors (Lipinski definition) is 4. The molecule has 0 unspecified atom stereocenters. The Hall–Kier alpha value is -1.45. The van der Waals surface area contributed by atoms with E-state index in [9.17, 15) is 4.79 Å². The Morgan fingerprint density at radius 1 is 1.60 bits per heavy atom. The lowest BCUT2D eigenvalue weighted by Crippen LogP contribution is -1.97. The summed E-state index contributed by atoms with van der Waals surface area (Å²) < 4.78 is 4.88. The van der Waals surface area contributed by atoms with Gasteiger partial charge in [-0.05, 0) is 0 Å². The van der Waals surface area contributed by atoms with Crippen molar-refractivity contribution in [3.05, 3.63) is 18.5 Å². The molecule has 1 aromatic rings. The molecular weight excluding hydrogens is 132 g/mol. The quantitative estimate of drug-likeness (QED) is 0.554. The van der Waals surface area contributed by atoms with Crippen molar-refractivity contribution in [1.29, 1.82) is 0 Å². The summed E-state index contributed by atoms with van der Waals surface area (Å²) in [4.78, 5) is 9.82. The van der Waals surface area contributed by atoms with E-state index in [-0.39, 0.29) is 6.61 Å². The van der Waals surface area contributed by atoms with Gasteiger partial charge < -0.3 is 4.74 Å². The molecule has 0 spiro atoms. The summed E-state index contributed by atoms with van der Waals surface area (Å²) in [5.41, 5.74) is 0. The zero-order valence-corrected chi connectivity index (χ0v) is 5.23. The number of rotatable bonds is 3. The molecule has 0 amide bonds. The summed E-state index contributed by atoms with van der Waals surface area (Å²) >= 11 is 0. The fourth-order valence-corrected chi connectivity index (χ4v) is 0.494. The molecule has 0 N–H and O–H groups in total. The highest BCUT2D eigenvalue weighted by Gasteiger charge is 1.88. The predicted molar refractivity (Wildman–Crippen MR) is 33.6 cm³/mol. The van der Waals surface area contributed by atoms with E-state index < -0.39 is 0 Å². The Kier molecular flexibility index (Phi) is 2.37. The van der Waals surface area contributed by atoms with Crippen LogP contribution in [0, 0.1) is 0 Å². The van der Waals surface area contributed by atoms with Crippen molar-refractivity contribution in [2.24, 2.45) is 0 Å². The van der Waals surface area contributed by atoms with Gasteiger partial charge in [0, 0.05) is 6.07 Å². The molecule has 0 bridgehead atoms. The average molecular weight is 138 g/mol. The molecular formula is C6H6N2O2. The third-order valence-electron chi connectivity index (χ3n) is 0.875. The van der Waals surface area contributed by atoms with Gasteiger partial charge in [0.15, 0.2) is 6.29 Å². The minimum atomic E-state index is 0.0612. The van der Waals surface area contributed by atoms with Gasteiger partial charge in [0.25, 0.3) is 0 Å². The van der Waals surface area contributed by atoms with Crippen molar-refractivity contribution in [1.82, 2.24) is 10.2 Å². The van der Waals surface area contributed by atoms with E-state index in [2.05, 4.69) is 10.2 Å². The van der Waals surface area contributed by atoms with E-state index in [1.807, 2.05) is 0 Å². The van der Waals surface area contributed by atoms with E-state index in [0.29, 0.717) is 12.0 Å². The number of carbonyl (C=O) groups excluding carboxylic acids is 1. The second-order valence-corrected chi connectivity index (χ2v) is 1.56. The lowest BCUT2D eigenvalue weighted by Gasteiger charge is -1.97. The Balaban J connectivity index is 2.50. The second-order valence-electron chi connectivity index (χ2n) is 1.56. The van der Waals surface area contributed by atoms with Crippen LogP contribution in [-0.2, 0) is 4.79 Å². The molecule has 0 aromatic carbocycles. The van der Waals surface area contributed by atoms with Crippen molar-refractivity contribution in [3.8, 4) is 5.75 Å². The van der Waals surface area contributed by atoms with Crippen molar-refractivity contribution >= 4 is 6.29 Å². The maximum atomic E-state index is 9.82. The van der Waals surface area contributed by atoms with Crippen molar-refractivity contribution in [2.45, 2.75) is 0 Å². The number of hydrogen-bond donors (Lipinski definition) is 0. The summed E-state index contributed by atoms with van der Waals surface area (Å²) in [6, 6.07) is 1.64. The van der Waals surface area contributed by atoms with Gasteiger partial charge in [-0.2, -0.15) is 10.2 Å². The Morgan fingerprint density at radius 2 is 2.50 bits per heavy atom. The highest BCUT2D eigenvalue weighted by Crippen LogP contribution is 2.02. The van der Waals surface area contributed by atoms with Crippen LogP contribution in [-0.4, -0.2) is 23.1 Å². The summed E-state index contributed by atoms with van der Waals surface area (Å²) in [5, 5.41) is 7.08. The smallest absolute Gasteiger partial charge is 0.157 e. The minimum Gasteiger partial charge on any atom is -0.484 e. The fourth-order valence-electron chi connectivity index (χ4n) is 0.494. The summed E-state index contributed by atoms with van der Waals surface area (Å²) in [6.45, 7) is 0.0612. The molecule has 0 aliphatic heterocycles. The maximum absolute atomic E-state index is 9.82. The monoisotopic (exact) mass is 138 g/mol. The van der Waals surface area contributed by atoms with Gasteiger partial charge in [0.2, 0.25) is 0 Å². The van der Waals surface area contributed by atoms with E-state index in [1.54, 1.807) is 6.07 Å². The first kappa shape index (κ1) is 6.67. The van der Waals surface area contributed by atoms with Crippen molar-refractivity contribution in [3.63, 3.8) is 0 Å². The highest BCUT2D eigenvalue weighted by molar-refractivity contribution is 5.51. The topological polar surface area (TPSA) is 52.1 Å². The molecule has 0 fully saturated rings. The SMILES string of the molecule is O=CCOc1ccnnc1. The number of ether oxygens (including phenoxy) is 1. The Labute approximate surface area is 57.8 Å². The van der Waals surface area contributed by atoms with Gasteiger partial charge >= 0.3 is 0 Å². The molecule has 4 nitrogen and oxygen atoms in total. The molecule has 0 atom stereocenters. The molecule has 4 heteroatoms.